The maximum atomic E-state index is 5.94. The first-order valence-corrected chi connectivity index (χ1v) is 8.26. The third-order valence-electron chi connectivity index (χ3n) is 2.38. The van der Waals surface area contributed by atoms with Crippen molar-refractivity contribution in [1.29, 1.82) is 0 Å². The number of rotatable bonds is 5. The van der Waals surface area contributed by atoms with Crippen LogP contribution in [0.2, 0.25) is 4.34 Å². The van der Waals surface area contributed by atoms with Gasteiger partial charge in [-0.3, -0.25) is 11.3 Å². The van der Waals surface area contributed by atoms with Gasteiger partial charge in [-0.1, -0.05) is 23.7 Å². The second-order valence-corrected chi connectivity index (χ2v) is 7.27. The third kappa shape index (κ3) is 3.73. The first kappa shape index (κ1) is 14.4. The van der Waals surface area contributed by atoms with Crippen molar-refractivity contribution in [1.82, 2.24) is 5.43 Å². The molecule has 0 fully saturated rings. The smallest absolute Gasteiger partial charge is 0.0931 e. The van der Waals surface area contributed by atoms with Crippen molar-refractivity contribution in [2.24, 2.45) is 5.84 Å². The van der Waals surface area contributed by atoms with E-state index in [1.165, 1.54) is 4.90 Å². The molecule has 3 N–H and O–H groups in total. The van der Waals surface area contributed by atoms with E-state index in [1.807, 2.05) is 30.3 Å². The van der Waals surface area contributed by atoms with Crippen LogP contribution in [0, 0.1) is 0 Å². The van der Waals surface area contributed by atoms with Crippen LogP contribution in [0.1, 0.15) is 10.9 Å². The Hall–Kier alpha value is -0.0400. The van der Waals surface area contributed by atoms with Gasteiger partial charge in [-0.15, -0.1) is 23.1 Å². The van der Waals surface area contributed by atoms with E-state index in [-0.39, 0.29) is 6.04 Å². The Labute approximate surface area is 128 Å². The van der Waals surface area contributed by atoms with Gasteiger partial charge in [0.05, 0.1) is 10.4 Å². The molecule has 2 rings (SSSR count). The van der Waals surface area contributed by atoms with Gasteiger partial charge in [-0.25, -0.2) is 0 Å². The molecule has 18 heavy (non-hydrogen) atoms. The van der Waals surface area contributed by atoms with Crippen LogP contribution in [0.5, 0.6) is 0 Å². The largest absolute Gasteiger partial charge is 0.271 e. The minimum Gasteiger partial charge on any atom is -0.271 e. The summed E-state index contributed by atoms with van der Waals surface area (Å²) < 4.78 is 1.89. The fourth-order valence-corrected chi connectivity index (χ4v) is 4.32. The molecule has 1 heterocycles. The number of nitrogens with one attached hydrogen (secondary N) is 1. The van der Waals surface area contributed by atoms with Crippen molar-refractivity contribution in [3.63, 3.8) is 0 Å². The summed E-state index contributed by atoms with van der Waals surface area (Å²) in [6.45, 7) is 0. The molecule has 0 aliphatic heterocycles. The second-order valence-electron chi connectivity index (χ2n) is 3.60. The van der Waals surface area contributed by atoms with Crippen molar-refractivity contribution < 1.29 is 0 Å². The number of halogens is 2. The molecule has 2 aromatic rings. The molecule has 6 heteroatoms. The third-order valence-corrected chi connectivity index (χ3v) is 5.85. The highest BCUT2D eigenvalue weighted by molar-refractivity contribution is 9.10. The van der Waals surface area contributed by atoms with Crippen molar-refractivity contribution in [3.05, 3.63) is 50.1 Å². The molecule has 2 nitrogen and oxygen atoms in total. The normalized spacial score (nSPS) is 12.6. The van der Waals surface area contributed by atoms with Gasteiger partial charge in [-0.2, -0.15) is 0 Å². The SMILES string of the molecule is NNC(CSc1ccccc1Br)c1ccc(Cl)s1. The highest BCUT2D eigenvalue weighted by Crippen LogP contribution is 2.33. The predicted molar refractivity (Wildman–Crippen MR) is 84.3 cm³/mol. The van der Waals surface area contributed by atoms with E-state index in [2.05, 4.69) is 27.4 Å². The monoisotopic (exact) mass is 362 g/mol. The lowest BCUT2D eigenvalue weighted by Crippen LogP contribution is -2.29. The maximum Gasteiger partial charge on any atom is 0.0931 e. The van der Waals surface area contributed by atoms with E-state index in [0.717, 1.165) is 19.4 Å². The fourth-order valence-electron chi connectivity index (χ4n) is 1.46. The van der Waals surface area contributed by atoms with Gasteiger partial charge < -0.3 is 0 Å². The van der Waals surface area contributed by atoms with Crippen molar-refractivity contribution in [3.8, 4) is 0 Å². The zero-order valence-corrected chi connectivity index (χ0v) is 13.4. The Morgan fingerprint density at radius 1 is 1.33 bits per heavy atom. The van der Waals surface area contributed by atoms with E-state index in [4.69, 9.17) is 17.4 Å². The van der Waals surface area contributed by atoms with Crippen LogP contribution >= 0.6 is 50.6 Å². The molecule has 1 aromatic heterocycles. The molecule has 0 radical (unpaired) electrons. The van der Waals surface area contributed by atoms with Crippen LogP contribution in [0.3, 0.4) is 0 Å². The number of thioether (sulfide) groups is 1. The molecule has 0 aliphatic rings. The topological polar surface area (TPSA) is 38.0 Å². The zero-order chi connectivity index (χ0) is 13.0. The van der Waals surface area contributed by atoms with Crippen molar-refractivity contribution >= 4 is 50.6 Å². The lowest BCUT2D eigenvalue weighted by atomic mass is 10.3. The summed E-state index contributed by atoms with van der Waals surface area (Å²) in [6, 6.07) is 12.2. The molecular formula is C12H12BrClN2S2. The number of hydrazine groups is 1. The lowest BCUT2D eigenvalue weighted by Gasteiger charge is -2.14. The van der Waals surface area contributed by atoms with Gasteiger partial charge in [0.1, 0.15) is 0 Å². The highest BCUT2D eigenvalue weighted by Gasteiger charge is 2.13. The second kappa shape index (κ2) is 6.93. The first-order valence-electron chi connectivity index (χ1n) is 5.29. The Bertz CT molecular complexity index is 518. The molecule has 0 aliphatic carbocycles. The summed E-state index contributed by atoms with van der Waals surface area (Å²) >= 11 is 12.8. The van der Waals surface area contributed by atoms with Gasteiger partial charge in [-0.05, 0) is 40.2 Å². The van der Waals surface area contributed by atoms with Gasteiger partial charge in [0.25, 0.3) is 0 Å². The van der Waals surface area contributed by atoms with Crippen LogP contribution in [-0.4, -0.2) is 5.75 Å². The number of thiophene rings is 1. The van der Waals surface area contributed by atoms with Crippen molar-refractivity contribution in [2.45, 2.75) is 10.9 Å². The summed E-state index contributed by atoms with van der Waals surface area (Å²) in [5.74, 6) is 6.46. The number of hydrogen-bond donors (Lipinski definition) is 2. The molecule has 1 unspecified atom stereocenters. The standard InChI is InChI=1S/C12H12BrClN2S2/c13-8-3-1-2-4-10(8)17-7-9(16-15)11-5-6-12(14)18-11/h1-6,9,16H,7,15H2. The molecule has 0 amide bonds. The Kier molecular flexibility index (Phi) is 5.54. The highest BCUT2D eigenvalue weighted by atomic mass is 79.9. The fraction of sp³-hybridized carbons (Fsp3) is 0.167. The number of hydrogen-bond acceptors (Lipinski definition) is 4. The van der Waals surface area contributed by atoms with Crippen LogP contribution < -0.4 is 11.3 Å². The summed E-state index contributed by atoms with van der Waals surface area (Å²) in [6.07, 6.45) is 0. The average molecular weight is 364 g/mol. The van der Waals surface area contributed by atoms with Crippen LogP contribution in [0.25, 0.3) is 0 Å². The first-order chi connectivity index (χ1) is 8.70. The van der Waals surface area contributed by atoms with Gasteiger partial charge in [0, 0.05) is 20.0 Å². The molecule has 0 bridgehead atoms. The minimum atomic E-state index is 0.111. The lowest BCUT2D eigenvalue weighted by molar-refractivity contribution is 0.620. The molecular weight excluding hydrogens is 352 g/mol. The van der Waals surface area contributed by atoms with E-state index in [9.17, 15) is 0 Å². The van der Waals surface area contributed by atoms with Crippen LogP contribution in [0.15, 0.2) is 45.8 Å². The Balaban J connectivity index is 2.02. The van der Waals surface area contributed by atoms with E-state index in [1.54, 1.807) is 23.1 Å². The van der Waals surface area contributed by atoms with Gasteiger partial charge in [0.2, 0.25) is 0 Å². The number of nitrogens with two attached hydrogens (primary N) is 1. The van der Waals surface area contributed by atoms with Gasteiger partial charge >= 0.3 is 0 Å². The van der Waals surface area contributed by atoms with Crippen LogP contribution in [-0.2, 0) is 0 Å². The van der Waals surface area contributed by atoms with Crippen molar-refractivity contribution in [2.75, 3.05) is 5.75 Å². The zero-order valence-electron chi connectivity index (χ0n) is 9.40. The summed E-state index contributed by atoms with van der Waals surface area (Å²) in [5, 5.41) is 0. The molecule has 1 aromatic carbocycles. The van der Waals surface area contributed by atoms with E-state index in [0.29, 0.717) is 0 Å². The van der Waals surface area contributed by atoms with Gasteiger partial charge in [0.15, 0.2) is 0 Å². The van der Waals surface area contributed by atoms with E-state index < -0.39 is 0 Å². The predicted octanol–water partition coefficient (Wildman–Crippen LogP) is 4.46. The maximum absolute atomic E-state index is 5.94. The molecule has 1 atom stereocenters. The van der Waals surface area contributed by atoms with E-state index >= 15 is 0 Å². The summed E-state index contributed by atoms with van der Waals surface area (Å²) in [4.78, 5) is 2.36. The molecule has 0 spiro atoms. The molecule has 0 saturated carbocycles. The summed E-state index contributed by atoms with van der Waals surface area (Å²) in [7, 11) is 0. The number of benzene rings is 1. The molecule has 96 valence electrons. The average Bonchev–Trinajstić information content (AvgIpc) is 2.79. The Morgan fingerprint density at radius 2 is 2.11 bits per heavy atom. The Morgan fingerprint density at radius 3 is 2.72 bits per heavy atom. The minimum absolute atomic E-state index is 0.111. The summed E-state index contributed by atoms with van der Waals surface area (Å²) in [5.41, 5.74) is 2.84. The molecule has 0 saturated heterocycles. The quantitative estimate of drug-likeness (QED) is 0.468. The van der Waals surface area contributed by atoms with Crippen LogP contribution in [0.4, 0.5) is 0 Å².